The zero-order valence-corrected chi connectivity index (χ0v) is 17.4. The fourth-order valence-electron chi connectivity index (χ4n) is 3.33. The number of nitrogens with one attached hydrogen (secondary N) is 1. The van der Waals surface area contributed by atoms with Gasteiger partial charge < -0.3 is 19.9 Å². The summed E-state index contributed by atoms with van der Waals surface area (Å²) in [5, 5.41) is 2.91. The van der Waals surface area contributed by atoms with Crippen LogP contribution in [-0.4, -0.2) is 56.4 Å². The van der Waals surface area contributed by atoms with Crippen molar-refractivity contribution < 1.29 is 14.3 Å². The number of piperazine rings is 1. The molecule has 0 atom stereocenters. The number of hydrogen-bond acceptors (Lipinski definition) is 5. The third-order valence-corrected chi connectivity index (χ3v) is 5.22. The molecule has 1 amide bonds. The molecule has 1 aliphatic rings. The minimum atomic E-state index is -0.214. The second-order valence-corrected chi connectivity index (χ2v) is 7.43. The minimum Gasteiger partial charge on any atom is -0.484 e. The van der Waals surface area contributed by atoms with E-state index in [9.17, 15) is 9.59 Å². The zero-order chi connectivity index (χ0) is 20.8. The predicted octanol–water partition coefficient (Wildman–Crippen LogP) is 3.36. The molecule has 6 nitrogen and oxygen atoms in total. The van der Waals surface area contributed by atoms with E-state index in [1.54, 1.807) is 24.3 Å². The van der Waals surface area contributed by atoms with Gasteiger partial charge >= 0.3 is 0 Å². The summed E-state index contributed by atoms with van der Waals surface area (Å²) in [7, 11) is 2.14. The number of carbonyl (C=O) groups excluding carboxylic acids is 2. The van der Waals surface area contributed by atoms with Gasteiger partial charge in [-0.15, -0.1) is 0 Å². The first-order valence-corrected chi connectivity index (χ1v) is 10.1. The van der Waals surface area contributed by atoms with Crippen LogP contribution in [0, 0.1) is 6.92 Å². The first-order chi connectivity index (χ1) is 14.0. The van der Waals surface area contributed by atoms with E-state index in [0.29, 0.717) is 17.7 Å². The van der Waals surface area contributed by atoms with Gasteiger partial charge in [-0.05, 0) is 62.0 Å². The number of aryl methyl sites for hydroxylation is 1. The summed E-state index contributed by atoms with van der Waals surface area (Å²) in [5.41, 5.74) is 3.66. The molecule has 0 aliphatic carbocycles. The highest BCUT2D eigenvalue weighted by Gasteiger charge is 2.15. The largest absolute Gasteiger partial charge is 0.484 e. The second kappa shape index (κ2) is 9.56. The van der Waals surface area contributed by atoms with Crippen LogP contribution in [0.2, 0.25) is 0 Å². The molecular formula is C23H29N3O3. The van der Waals surface area contributed by atoms with Crippen LogP contribution < -0.4 is 15.0 Å². The molecule has 1 N–H and O–H groups in total. The Morgan fingerprint density at radius 1 is 1.03 bits per heavy atom. The first-order valence-electron chi connectivity index (χ1n) is 10.1. The van der Waals surface area contributed by atoms with Crippen LogP contribution >= 0.6 is 0 Å². The van der Waals surface area contributed by atoms with Gasteiger partial charge in [-0.1, -0.05) is 6.92 Å². The van der Waals surface area contributed by atoms with E-state index in [4.69, 9.17) is 4.74 Å². The summed E-state index contributed by atoms with van der Waals surface area (Å²) in [6.07, 6.45) is 0.468. The van der Waals surface area contributed by atoms with Crippen LogP contribution in [-0.2, 0) is 4.79 Å². The number of carbonyl (C=O) groups is 2. The zero-order valence-electron chi connectivity index (χ0n) is 17.4. The molecule has 0 unspecified atom stereocenters. The number of Topliss-reactive ketones (excluding diaryl/α,β-unsaturated/α-hetero) is 1. The molecule has 0 bridgehead atoms. The number of ether oxygens (including phenoxy) is 1. The molecule has 0 spiro atoms. The van der Waals surface area contributed by atoms with E-state index >= 15 is 0 Å². The Kier molecular flexibility index (Phi) is 6.88. The third kappa shape index (κ3) is 5.57. The van der Waals surface area contributed by atoms with Crippen LogP contribution in [0.5, 0.6) is 5.75 Å². The lowest BCUT2D eigenvalue weighted by molar-refractivity contribution is -0.118. The van der Waals surface area contributed by atoms with E-state index in [1.807, 2.05) is 19.9 Å². The maximum atomic E-state index is 12.3. The number of ketones is 1. The summed E-state index contributed by atoms with van der Waals surface area (Å²) in [6, 6.07) is 13.0. The molecular weight excluding hydrogens is 366 g/mol. The Balaban J connectivity index is 1.53. The van der Waals surface area contributed by atoms with Crippen LogP contribution in [0.3, 0.4) is 0 Å². The van der Waals surface area contributed by atoms with Crippen LogP contribution in [0.1, 0.15) is 29.3 Å². The molecule has 0 aromatic heterocycles. The number of anilines is 2. The van der Waals surface area contributed by atoms with E-state index in [2.05, 4.69) is 34.3 Å². The standard InChI is InChI=1S/C23H29N3O3/c1-4-22(27)18-5-8-20(9-6-18)29-16-23(28)24-21-10-7-19(15-17(21)2)26-13-11-25(3)12-14-26/h5-10,15H,4,11-14,16H2,1-3H3,(H,24,28). The monoisotopic (exact) mass is 395 g/mol. The Labute approximate surface area is 172 Å². The van der Waals surface area contributed by atoms with Crippen molar-refractivity contribution in [1.82, 2.24) is 4.90 Å². The summed E-state index contributed by atoms with van der Waals surface area (Å²) >= 11 is 0. The summed E-state index contributed by atoms with van der Waals surface area (Å²) in [6.45, 7) is 7.89. The van der Waals surface area contributed by atoms with Crippen LogP contribution in [0.25, 0.3) is 0 Å². The molecule has 3 rings (SSSR count). The normalized spacial score (nSPS) is 14.5. The van der Waals surface area contributed by atoms with Crippen molar-refractivity contribution in [1.29, 1.82) is 0 Å². The minimum absolute atomic E-state index is 0.0826. The SMILES string of the molecule is CCC(=O)c1ccc(OCC(=O)Nc2ccc(N3CCN(C)CC3)cc2C)cc1. The van der Waals surface area contributed by atoms with Gasteiger partial charge in [0.15, 0.2) is 12.4 Å². The summed E-state index contributed by atoms with van der Waals surface area (Å²) < 4.78 is 5.54. The van der Waals surface area contributed by atoms with Gasteiger partial charge in [0, 0.05) is 49.5 Å². The molecule has 6 heteroatoms. The van der Waals surface area contributed by atoms with Crippen molar-refractivity contribution >= 4 is 23.1 Å². The Morgan fingerprint density at radius 2 is 1.72 bits per heavy atom. The number of benzene rings is 2. The maximum absolute atomic E-state index is 12.3. The molecule has 0 radical (unpaired) electrons. The highest BCUT2D eigenvalue weighted by molar-refractivity contribution is 5.96. The van der Waals surface area contributed by atoms with E-state index in [-0.39, 0.29) is 18.3 Å². The number of nitrogens with zero attached hydrogens (tertiary/aromatic N) is 2. The van der Waals surface area contributed by atoms with Crippen LogP contribution in [0.4, 0.5) is 11.4 Å². The average molecular weight is 396 g/mol. The highest BCUT2D eigenvalue weighted by atomic mass is 16.5. The predicted molar refractivity (Wildman–Crippen MR) is 116 cm³/mol. The van der Waals surface area contributed by atoms with Gasteiger partial charge in [0.05, 0.1) is 0 Å². The Hall–Kier alpha value is -2.86. The Bertz CT molecular complexity index is 856. The highest BCUT2D eigenvalue weighted by Crippen LogP contribution is 2.23. The van der Waals surface area contributed by atoms with Crippen molar-refractivity contribution in [3.8, 4) is 5.75 Å². The molecule has 1 aliphatic heterocycles. The molecule has 29 heavy (non-hydrogen) atoms. The van der Waals surface area contributed by atoms with Gasteiger partial charge in [-0.25, -0.2) is 0 Å². The third-order valence-electron chi connectivity index (χ3n) is 5.22. The molecule has 154 valence electrons. The van der Waals surface area contributed by atoms with Crippen molar-refractivity contribution in [2.45, 2.75) is 20.3 Å². The lowest BCUT2D eigenvalue weighted by Gasteiger charge is -2.34. The smallest absolute Gasteiger partial charge is 0.262 e. The molecule has 0 saturated carbocycles. The fourth-order valence-corrected chi connectivity index (χ4v) is 3.33. The molecule has 2 aromatic rings. The molecule has 1 saturated heterocycles. The summed E-state index contributed by atoms with van der Waals surface area (Å²) in [4.78, 5) is 28.6. The molecule has 1 fully saturated rings. The maximum Gasteiger partial charge on any atom is 0.262 e. The quantitative estimate of drug-likeness (QED) is 0.729. The van der Waals surface area contributed by atoms with Crippen molar-refractivity contribution in [3.05, 3.63) is 53.6 Å². The Morgan fingerprint density at radius 3 is 2.34 bits per heavy atom. The van der Waals surface area contributed by atoms with Gasteiger partial charge in [0.2, 0.25) is 0 Å². The van der Waals surface area contributed by atoms with Gasteiger partial charge in [-0.2, -0.15) is 0 Å². The van der Waals surface area contributed by atoms with E-state index in [0.717, 1.165) is 37.4 Å². The summed E-state index contributed by atoms with van der Waals surface area (Å²) in [5.74, 6) is 0.439. The van der Waals surface area contributed by atoms with E-state index < -0.39 is 0 Å². The second-order valence-electron chi connectivity index (χ2n) is 7.43. The topological polar surface area (TPSA) is 61.9 Å². The van der Waals surface area contributed by atoms with Crippen molar-refractivity contribution in [2.24, 2.45) is 0 Å². The fraction of sp³-hybridized carbons (Fsp3) is 0.391. The number of rotatable bonds is 7. The number of hydrogen-bond donors (Lipinski definition) is 1. The van der Waals surface area contributed by atoms with Crippen LogP contribution in [0.15, 0.2) is 42.5 Å². The molecule has 2 aromatic carbocycles. The first kappa shape index (κ1) is 20.9. The molecule has 1 heterocycles. The van der Waals surface area contributed by atoms with Crippen molar-refractivity contribution in [2.75, 3.05) is 50.1 Å². The number of likely N-dealkylation sites (N-methyl/N-ethyl adjacent to an activating group) is 1. The van der Waals surface area contributed by atoms with Gasteiger partial charge in [-0.3, -0.25) is 9.59 Å². The van der Waals surface area contributed by atoms with Crippen molar-refractivity contribution in [3.63, 3.8) is 0 Å². The average Bonchev–Trinajstić information content (AvgIpc) is 2.74. The van der Waals surface area contributed by atoms with Gasteiger partial charge in [0.1, 0.15) is 5.75 Å². The van der Waals surface area contributed by atoms with Gasteiger partial charge in [0.25, 0.3) is 5.91 Å². The van der Waals surface area contributed by atoms with E-state index in [1.165, 1.54) is 5.69 Å². The lowest BCUT2D eigenvalue weighted by Crippen LogP contribution is -2.44. The number of amides is 1. The lowest BCUT2D eigenvalue weighted by atomic mass is 10.1.